The van der Waals surface area contributed by atoms with Gasteiger partial charge in [0, 0.05) is 12.8 Å². The molecule has 2 aromatic rings. The van der Waals surface area contributed by atoms with E-state index in [0.29, 0.717) is 25.2 Å². The Morgan fingerprint density at radius 1 is 1.10 bits per heavy atom. The highest BCUT2D eigenvalue weighted by molar-refractivity contribution is 5.91. The van der Waals surface area contributed by atoms with Crippen LogP contribution in [-0.4, -0.2) is 12.3 Å². The fourth-order valence-corrected chi connectivity index (χ4v) is 3.27. The van der Waals surface area contributed by atoms with Crippen LogP contribution in [-0.2, 0) is 11.2 Å². The molecule has 1 aliphatic carbocycles. The van der Waals surface area contributed by atoms with Crippen molar-refractivity contribution in [2.75, 3.05) is 6.54 Å². The first kappa shape index (κ1) is 13.3. The summed E-state index contributed by atoms with van der Waals surface area (Å²) in [6, 6.07) is 14.5. The Kier molecular flexibility index (Phi) is 3.58. The number of hydrogen-bond acceptors (Lipinski definition) is 2. The summed E-state index contributed by atoms with van der Waals surface area (Å²) in [5, 5.41) is 2.40. The minimum atomic E-state index is 0.113. The SMILES string of the molecule is NCC1(CC(=O)Cc2cccc3ccccc23)CCC1. The molecule has 0 heterocycles. The number of carbonyl (C=O) groups is 1. The Labute approximate surface area is 120 Å². The quantitative estimate of drug-likeness (QED) is 0.901. The molecule has 0 unspecified atom stereocenters. The normalized spacial score (nSPS) is 16.9. The summed E-state index contributed by atoms with van der Waals surface area (Å²) in [7, 11) is 0. The van der Waals surface area contributed by atoms with Crippen molar-refractivity contribution in [3.05, 3.63) is 48.0 Å². The molecular weight excluding hydrogens is 246 g/mol. The molecular formula is C18H21NO. The van der Waals surface area contributed by atoms with Gasteiger partial charge in [0.05, 0.1) is 0 Å². The molecule has 1 aliphatic rings. The molecule has 3 rings (SSSR count). The van der Waals surface area contributed by atoms with Gasteiger partial charge in [-0.05, 0) is 41.1 Å². The number of nitrogens with two attached hydrogens (primary N) is 1. The van der Waals surface area contributed by atoms with E-state index in [0.717, 1.165) is 18.4 Å². The van der Waals surface area contributed by atoms with E-state index < -0.39 is 0 Å². The second-order valence-electron chi connectivity index (χ2n) is 6.09. The minimum Gasteiger partial charge on any atom is -0.330 e. The molecule has 1 fully saturated rings. The predicted molar refractivity (Wildman–Crippen MR) is 82.6 cm³/mol. The number of benzene rings is 2. The number of carbonyl (C=O) groups excluding carboxylic acids is 1. The summed E-state index contributed by atoms with van der Waals surface area (Å²) in [5.41, 5.74) is 7.10. The summed E-state index contributed by atoms with van der Waals surface area (Å²) in [5.74, 6) is 0.325. The van der Waals surface area contributed by atoms with Crippen LogP contribution >= 0.6 is 0 Å². The molecule has 0 aromatic heterocycles. The summed E-state index contributed by atoms with van der Waals surface area (Å²) >= 11 is 0. The van der Waals surface area contributed by atoms with Gasteiger partial charge in [0.25, 0.3) is 0 Å². The lowest BCUT2D eigenvalue weighted by Crippen LogP contribution is -2.39. The van der Waals surface area contributed by atoms with Crippen LogP contribution in [0.2, 0.25) is 0 Å². The number of Topliss-reactive ketones (excluding diaryl/α,β-unsaturated/α-hetero) is 1. The van der Waals surface area contributed by atoms with E-state index in [1.54, 1.807) is 0 Å². The zero-order valence-corrected chi connectivity index (χ0v) is 11.8. The highest BCUT2D eigenvalue weighted by Crippen LogP contribution is 2.43. The van der Waals surface area contributed by atoms with Crippen LogP contribution in [0.5, 0.6) is 0 Å². The van der Waals surface area contributed by atoms with Crippen LogP contribution < -0.4 is 5.73 Å². The van der Waals surface area contributed by atoms with Gasteiger partial charge in [-0.2, -0.15) is 0 Å². The summed E-state index contributed by atoms with van der Waals surface area (Å²) in [4.78, 5) is 12.4. The predicted octanol–water partition coefficient (Wildman–Crippen LogP) is 3.47. The molecule has 2 N–H and O–H groups in total. The fourth-order valence-electron chi connectivity index (χ4n) is 3.27. The van der Waals surface area contributed by atoms with Crippen molar-refractivity contribution >= 4 is 16.6 Å². The van der Waals surface area contributed by atoms with E-state index in [1.807, 2.05) is 18.2 Å². The Hall–Kier alpha value is -1.67. The largest absolute Gasteiger partial charge is 0.330 e. The molecule has 2 heteroatoms. The van der Waals surface area contributed by atoms with E-state index in [-0.39, 0.29) is 5.41 Å². The van der Waals surface area contributed by atoms with E-state index in [4.69, 9.17) is 5.73 Å². The third-order valence-electron chi connectivity index (χ3n) is 4.69. The zero-order valence-electron chi connectivity index (χ0n) is 11.8. The average molecular weight is 267 g/mol. The first-order chi connectivity index (χ1) is 9.72. The smallest absolute Gasteiger partial charge is 0.137 e. The molecule has 0 radical (unpaired) electrons. The van der Waals surface area contributed by atoms with E-state index in [9.17, 15) is 4.79 Å². The van der Waals surface area contributed by atoms with Crippen molar-refractivity contribution in [3.8, 4) is 0 Å². The summed E-state index contributed by atoms with van der Waals surface area (Å²) in [6.45, 7) is 0.647. The molecule has 2 aromatic carbocycles. The standard InChI is InChI=1S/C18H21NO/c19-13-18(9-4-10-18)12-16(20)11-15-7-3-6-14-5-1-2-8-17(14)15/h1-3,5-8H,4,9-13,19H2. The number of hydrogen-bond donors (Lipinski definition) is 1. The van der Waals surface area contributed by atoms with E-state index in [2.05, 4.69) is 24.3 Å². The van der Waals surface area contributed by atoms with E-state index >= 15 is 0 Å². The zero-order chi connectivity index (χ0) is 14.0. The Balaban J connectivity index is 1.77. The Bertz CT molecular complexity index is 617. The molecule has 0 amide bonds. The highest BCUT2D eigenvalue weighted by Gasteiger charge is 2.37. The van der Waals surface area contributed by atoms with Crippen LogP contribution in [0.4, 0.5) is 0 Å². The average Bonchev–Trinajstić information content (AvgIpc) is 2.43. The van der Waals surface area contributed by atoms with Crippen molar-refractivity contribution in [2.24, 2.45) is 11.1 Å². The van der Waals surface area contributed by atoms with Crippen molar-refractivity contribution < 1.29 is 4.79 Å². The lowest BCUT2D eigenvalue weighted by atomic mass is 9.65. The second kappa shape index (κ2) is 5.37. The first-order valence-corrected chi connectivity index (χ1v) is 7.41. The van der Waals surface area contributed by atoms with Gasteiger partial charge in [-0.25, -0.2) is 0 Å². The molecule has 2 nitrogen and oxygen atoms in total. The van der Waals surface area contributed by atoms with Crippen LogP contribution in [0.3, 0.4) is 0 Å². The molecule has 0 spiro atoms. The third-order valence-corrected chi connectivity index (χ3v) is 4.69. The monoisotopic (exact) mass is 267 g/mol. The topological polar surface area (TPSA) is 43.1 Å². The van der Waals surface area contributed by atoms with Gasteiger partial charge in [0.15, 0.2) is 0 Å². The maximum Gasteiger partial charge on any atom is 0.137 e. The summed E-state index contributed by atoms with van der Waals surface area (Å²) in [6.07, 6.45) is 4.63. The first-order valence-electron chi connectivity index (χ1n) is 7.41. The van der Waals surface area contributed by atoms with Crippen molar-refractivity contribution in [3.63, 3.8) is 0 Å². The van der Waals surface area contributed by atoms with Gasteiger partial charge >= 0.3 is 0 Å². The van der Waals surface area contributed by atoms with E-state index in [1.165, 1.54) is 17.2 Å². The molecule has 20 heavy (non-hydrogen) atoms. The fraction of sp³-hybridized carbons (Fsp3) is 0.389. The molecule has 0 bridgehead atoms. The number of rotatable bonds is 5. The minimum absolute atomic E-state index is 0.113. The lowest BCUT2D eigenvalue weighted by Gasteiger charge is -2.40. The third kappa shape index (κ3) is 2.48. The number of ketones is 1. The van der Waals surface area contributed by atoms with Gasteiger partial charge in [-0.1, -0.05) is 48.9 Å². The van der Waals surface area contributed by atoms with Gasteiger partial charge in [0.1, 0.15) is 5.78 Å². The highest BCUT2D eigenvalue weighted by atomic mass is 16.1. The lowest BCUT2D eigenvalue weighted by molar-refractivity contribution is -0.121. The van der Waals surface area contributed by atoms with Crippen LogP contribution in [0.15, 0.2) is 42.5 Å². The summed E-state index contributed by atoms with van der Waals surface area (Å²) < 4.78 is 0. The van der Waals surface area contributed by atoms with Crippen LogP contribution in [0, 0.1) is 5.41 Å². The van der Waals surface area contributed by atoms with Crippen molar-refractivity contribution in [2.45, 2.75) is 32.1 Å². The maximum atomic E-state index is 12.4. The molecule has 0 saturated heterocycles. The molecule has 0 atom stereocenters. The maximum absolute atomic E-state index is 12.4. The number of fused-ring (bicyclic) bond motifs is 1. The van der Waals surface area contributed by atoms with Gasteiger partial charge in [-0.15, -0.1) is 0 Å². The Morgan fingerprint density at radius 2 is 1.85 bits per heavy atom. The Morgan fingerprint density at radius 3 is 2.55 bits per heavy atom. The van der Waals surface area contributed by atoms with Gasteiger partial charge < -0.3 is 5.73 Å². The van der Waals surface area contributed by atoms with Gasteiger partial charge in [0.2, 0.25) is 0 Å². The van der Waals surface area contributed by atoms with Crippen LogP contribution in [0.1, 0.15) is 31.2 Å². The van der Waals surface area contributed by atoms with Crippen LogP contribution in [0.25, 0.3) is 10.8 Å². The molecule has 0 aliphatic heterocycles. The molecule has 1 saturated carbocycles. The second-order valence-corrected chi connectivity index (χ2v) is 6.09. The van der Waals surface area contributed by atoms with Crippen molar-refractivity contribution in [1.29, 1.82) is 0 Å². The van der Waals surface area contributed by atoms with Crippen molar-refractivity contribution in [1.82, 2.24) is 0 Å². The van der Waals surface area contributed by atoms with Gasteiger partial charge in [-0.3, -0.25) is 4.79 Å². The molecule has 104 valence electrons.